The van der Waals surface area contributed by atoms with Crippen molar-refractivity contribution in [3.8, 4) is 5.69 Å². The van der Waals surface area contributed by atoms with Gasteiger partial charge in [-0.15, -0.1) is 0 Å². The molecule has 2 aromatic rings. The monoisotopic (exact) mass is 357 g/mol. The van der Waals surface area contributed by atoms with Gasteiger partial charge in [0.05, 0.1) is 24.1 Å². The van der Waals surface area contributed by atoms with E-state index in [1.165, 1.54) is 6.20 Å². The van der Waals surface area contributed by atoms with Crippen molar-refractivity contribution < 1.29 is 9.53 Å². The molecule has 0 bridgehead atoms. The predicted octanol–water partition coefficient (Wildman–Crippen LogP) is 2.24. The molecule has 2 rings (SSSR count). The summed E-state index contributed by atoms with van der Waals surface area (Å²) in [5, 5.41) is 4.15. The molecule has 1 heterocycles. The van der Waals surface area contributed by atoms with E-state index in [4.69, 9.17) is 10.5 Å². The maximum atomic E-state index is 11.5. The molecule has 1 aromatic heterocycles. The number of rotatable bonds is 3. The number of carbonyl (C=O) groups is 1. The fourth-order valence-corrected chi connectivity index (χ4v) is 2.27. The highest BCUT2D eigenvalue weighted by molar-refractivity contribution is 14.1. The lowest BCUT2D eigenvalue weighted by Crippen LogP contribution is -2.03. The second-order valence-corrected chi connectivity index (χ2v) is 4.77. The standard InChI is InChI=1S/C12H12IN3O2/c1-2-18-12(17)8-6-15-16(7-8)11-4-3-9(14)5-10(11)13/h3-7H,2,14H2,1H3. The minimum Gasteiger partial charge on any atom is -0.462 e. The molecule has 0 saturated carbocycles. The summed E-state index contributed by atoms with van der Waals surface area (Å²) in [7, 11) is 0. The molecule has 18 heavy (non-hydrogen) atoms. The third-order valence-corrected chi connectivity index (χ3v) is 3.18. The van der Waals surface area contributed by atoms with Crippen molar-refractivity contribution >= 4 is 34.2 Å². The van der Waals surface area contributed by atoms with Crippen LogP contribution in [0.3, 0.4) is 0 Å². The SMILES string of the molecule is CCOC(=O)c1cnn(-c2ccc(N)cc2I)c1. The molecule has 0 spiro atoms. The van der Waals surface area contributed by atoms with Gasteiger partial charge in [0.1, 0.15) is 0 Å². The number of aromatic nitrogens is 2. The lowest BCUT2D eigenvalue weighted by molar-refractivity contribution is 0.0526. The minimum atomic E-state index is -0.366. The summed E-state index contributed by atoms with van der Waals surface area (Å²) in [5.74, 6) is -0.366. The van der Waals surface area contributed by atoms with Gasteiger partial charge in [0.2, 0.25) is 0 Å². The average Bonchev–Trinajstić information content (AvgIpc) is 2.78. The normalized spacial score (nSPS) is 10.3. The Morgan fingerprint density at radius 2 is 2.33 bits per heavy atom. The van der Waals surface area contributed by atoms with Gasteiger partial charge in [0.25, 0.3) is 0 Å². The number of nitrogens with two attached hydrogens (primary N) is 1. The summed E-state index contributed by atoms with van der Waals surface area (Å²) in [6.45, 7) is 2.12. The molecule has 0 fully saturated rings. The second kappa shape index (κ2) is 5.38. The molecule has 0 aliphatic carbocycles. The Morgan fingerprint density at radius 1 is 1.56 bits per heavy atom. The zero-order chi connectivity index (χ0) is 13.1. The van der Waals surface area contributed by atoms with Crippen LogP contribution in [-0.4, -0.2) is 22.4 Å². The number of hydrogen-bond donors (Lipinski definition) is 1. The maximum absolute atomic E-state index is 11.5. The van der Waals surface area contributed by atoms with Crippen LogP contribution in [0.1, 0.15) is 17.3 Å². The van der Waals surface area contributed by atoms with Crippen LogP contribution in [0.5, 0.6) is 0 Å². The van der Waals surface area contributed by atoms with Crippen molar-refractivity contribution in [3.05, 3.63) is 39.7 Å². The molecule has 6 heteroatoms. The Labute approximate surface area is 118 Å². The van der Waals surface area contributed by atoms with Crippen LogP contribution in [-0.2, 0) is 4.74 Å². The summed E-state index contributed by atoms with van der Waals surface area (Å²) >= 11 is 2.18. The molecule has 1 aromatic carbocycles. The molecule has 5 nitrogen and oxygen atoms in total. The van der Waals surface area contributed by atoms with Crippen molar-refractivity contribution in [2.24, 2.45) is 0 Å². The molecule has 94 valence electrons. The van der Waals surface area contributed by atoms with Gasteiger partial charge in [-0.05, 0) is 47.7 Å². The fraction of sp³-hybridized carbons (Fsp3) is 0.167. The molecule has 0 aliphatic rings. The van der Waals surface area contributed by atoms with Gasteiger partial charge in [-0.2, -0.15) is 5.10 Å². The first-order valence-corrected chi connectivity index (χ1v) is 6.47. The summed E-state index contributed by atoms with van der Waals surface area (Å²) in [5.41, 5.74) is 7.70. The maximum Gasteiger partial charge on any atom is 0.341 e. The largest absolute Gasteiger partial charge is 0.462 e. The molecule has 0 saturated heterocycles. The summed E-state index contributed by atoms with van der Waals surface area (Å²) in [6.07, 6.45) is 3.14. The molecular weight excluding hydrogens is 345 g/mol. The Balaban J connectivity index is 2.32. The van der Waals surface area contributed by atoms with E-state index in [2.05, 4.69) is 27.7 Å². The van der Waals surface area contributed by atoms with Crippen LogP contribution in [0.25, 0.3) is 5.69 Å². The van der Waals surface area contributed by atoms with Crippen molar-refractivity contribution in [1.29, 1.82) is 0 Å². The third kappa shape index (κ3) is 2.63. The molecule has 0 amide bonds. The van der Waals surface area contributed by atoms with Crippen LogP contribution < -0.4 is 5.73 Å². The van der Waals surface area contributed by atoms with Crippen LogP contribution in [0, 0.1) is 3.57 Å². The van der Waals surface area contributed by atoms with Crippen molar-refractivity contribution in [2.75, 3.05) is 12.3 Å². The Morgan fingerprint density at radius 3 is 3.00 bits per heavy atom. The number of carbonyl (C=O) groups excluding carboxylic acids is 1. The summed E-state index contributed by atoms with van der Waals surface area (Å²) in [4.78, 5) is 11.5. The number of anilines is 1. The van der Waals surface area contributed by atoms with Gasteiger partial charge in [0.15, 0.2) is 0 Å². The van der Waals surface area contributed by atoms with Crippen molar-refractivity contribution in [2.45, 2.75) is 6.92 Å². The molecule has 0 unspecified atom stereocenters. The first kappa shape index (κ1) is 12.9. The molecule has 2 N–H and O–H groups in total. The topological polar surface area (TPSA) is 70.1 Å². The Hall–Kier alpha value is -1.57. The van der Waals surface area contributed by atoms with Gasteiger partial charge in [-0.25, -0.2) is 9.48 Å². The van der Waals surface area contributed by atoms with E-state index in [1.807, 2.05) is 12.1 Å². The van der Waals surface area contributed by atoms with E-state index < -0.39 is 0 Å². The zero-order valence-corrected chi connectivity index (χ0v) is 11.9. The van der Waals surface area contributed by atoms with Crippen LogP contribution >= 0.6 is 22.6 Å². The lowest BCUT2D eigenvalue weighted by atomic mass is 10.3. The fourth-order valence-electron chi connectivity index (χ4n) is 1.48. The third-order valence-electron chi connectivity index (χ3n) is 2.31. The Kier molecular flexibility index (Phi) is 3.85. The minimum absolute atomic E-state index is 0.351. The predicted molar refractivity (Wildman–Crippen MR) is 76.6 cm³/mol. The van der Waals surface area contributed by atoms with Gasteiger partial charge in [0, 0.05) is 15.5 Å². The number of esters is 1. The second-order valence-electron chi connectivity index (χ2n) is 3.60. The number of hydrogen-bond acceptors (Lipinski definition) is 4. The number of benzene rings is 1. The van der Waals surface area contributed by atoms with E-state index in [9.17, 15) is 4.79 Å². The van der Waals surface area contributed by atoms with E-state index in [0.717, 1.165) is 9.26 Å². The van der Waals surface area contributed by atoms with Gasteiger partial charge in [-0.1, -0.05) is 0 Å². The molecule has 0 aliphatic heterocycles. The van der Waals surface area contributed by atoms with Crippen molar-refractivity contribution in [1.82, 2.24) is 9.78 Å². The highest BCUT2D eigenvalue weighted by atomic mass is 127. The van der Waals surface area contributed by atoms with Gasteiger partial charge < -0.3 is 10.5 Å². The van der Waals surface area contributed by atoms with E-state index >= 15 is 0 Å². The number of halogens is 1. The van der Waals surface area contributed by atoms with Crippen LogP contribution in [0.2, 0.25) is 0 Å². The molecule has 0 radical (unpaired) electrons. The number of nitrogen functional groups attached to an aromatic ring is 1. The highest BCUT2D eigenvalue weighted by Crippen LogP contribution is 2.19. The number of nitrogens with zero attached hydrogens (tertiary/aromatic N) is 2. The summed E-state index contributed by atoms with van der Waals surface area (Å²) in [6, 6.07) is 5.50. The Bertz CT molecular complexity index is 580. The van der Waals surface area contributed by atoms with Crippen LogP contribution in [0.15, 0.2) is 30.6 Å². The summed E-state index contributed by atoms with van der Waals surface area (Å²) < 4.78 is 7.51. The average molecular weight is 357 g/mol. The first-order valence-electron chi connectivity index (χ1n) is 5.39. The first-order chi connectivity index (χ1) is 8.61. The van der Waals surface area contributed by atoms with E-state index in [-0.39, 0.29) is 5.97 Å². The van der Waals surface area contributed by atoms with Crippen LogP contribution in [0.4, 0.5) is 5.69 Å². The number of ether oxygens (including phenoxy) is 1. The highest BCUT2D eigenvalue weighted by Gasteiger charge is 2.11. The van der Waals surface area contributed by atoms with Gasteiger partial charge in [-0.3, -0.25) is 0 Å². The quantitative estimate of drug-likeness (QED) is 0.520. The lowest BCUT2D eigenvalue weighted by Gasteiger charge is -2.05. The zero-order valence-electron chi connectivity index (χ0n) is 9.76. The molecular formula is C12H12IN3O2. The smallest absolute Gasteiger partial charge is 0.341 e. The van der Waals surface area contributed by atoms with E-state index in [1.54, 1.807) is 23.9 Å². The van der Waals surface area contributed by atoms with Crippen molar-refractivity contribution in [3.63, 3.8) is 0 Å². The van der Waals surface area contributed by atoms with E-state index in [0.29, 0.717) is 17.9 Å². The molecule has 0 atom stereocenters. The van der Waals surface area contributed by atoms with Gasteiger partial charge >= 0.3 is 5.97 Å².